The molecule has 2 unspecified atom stereocenters. The lowest BCUT2D eigenvalue weighted by Gasteiger charge is -2.39. The molecule has 2 aliphatic heterocycles. The van der Waals surface area contributed by atoms with Crippen LogP contribution in [0.25, 0.3) is 0 Å². The minimum atomic E-state index is 0.0767. The molecule has 25 heavy (non-hydrogen) atoms. The van der Waals surface area contributed by atoms with Crippen molar-refractivity contribution in [2.24, 2.45) is 0 Å². The van der Waals surface area contributed by atoms with Crippen molar-refractivity contribution in [3.05, 3.63) is 35.9 Å². The molecule has 4 heteroatoms. The molecule has 4 rings (SSSR count). The zero-order valence-electron chi connectivity index (χ0n) is 15.0. The number of nitrogens with zero attached hydrogens (tertiary/aromatic N) is 1. The summed E-state index contributed by atoms with van der Waals surface area (Å²) in [6, 6.07) is 12.3. The van der Waals surface area contributed by atoms with Crippen LogP contribution in [0.4, 0.5) is 0 Å². The average molecular weight is 342 g/mol. The van der Waals surface area contributed by atoms with Gasteiger partial charge in [-0.1, -0.05) is 43.2 Å². The third-order valence-corrected chi connectivity index (χ3v) is 6.21. The summed E-state index contributed by atoms with van der Waals surface area (Å²) in [4.78, 5) is 14.9. The van der Waals surface area contributed by atoms with Crippen LogP contribution in [-0.2, 0) is 16.1 Å². The van der Waals surface area contributed by atoms with E-state index in [1.54, 1.807) is 0 Å². The Morgan fingerprint density at radius 3 is 2.40 bits per heavy atom. The second-order valence-corrected chi connectivity index (χ2v) is 8.00. The van der Waals surface area contributed by atoms with Crippen molar-refractivity contribution in [2.45, 2.75) is 82.1 Å². The van der Waals surface area contributed by atoms with Crippen LogP contribution in [0.15, 0.2) is 30.3 Å². The van der Waals surface area contributed by atoms with E-state index in [0.29, 0.717) is 24.2 Å². The minimum Gasteiger partial charge on any atom is -0.368 e. The van der Waals surface area contributed by atoms with E-state index in [1.807, 2.05) is 0 Å². The van der Waals surface area contributed by atoms with Crippen molar-refractivity contribution in [1.29, 1.82) is 0 Å². The number of nitrogens with one attached hydrogen (secondary N) is 1. The molecule has 0 radical (unpaired) electrons. The van der Waals surface area contributed by atoms with Crippen LogP contribution in [0.2, 0.25) is 0 Å². The monoisotopic (exact) mass is 342 g/mol. The van der Waals surface area contributed by atoms with Gasteiger partial charge in [0, 0.05) is 24.7 Å². The summed E-state index contributed by atoms with van der Waals surface area (Å²) in [6.07, 6.45) is 9.74. The molecule has 0 spiro atoms. The maximum atomic E-state index is 12.2. The second kappa shape index (κ2) is 7.88. The van der Waals surface area contributed by atoms with Gasteiger partial charge in [-0.15, -0.1) is 0 Å². The van der Waals surface area contributed by atoms with E-state index in [1.165, 1.54) is 31.2 Å². The SMILES string of the molecule is O=C(COC1CCCC1)NC1CC2CCC(C1)N2Cc1ccccc1. The number of hydrogen-bond acceptors (Lipinski definition) is 3. The first-order valence-electron chi connectivity index (χ1n) is 9.98. The topological polar surface area (TPSA) is 41.6 Å². The molecule has 0 aromatic heterocycles. The van der Waals surface area contributed by atoms with E-state index in [-0.39, 0.29) is 12.5 Å². The molecule has 4 nitrogen and oxygen atoms in total. The Labute approximate surface area is 150 Å². The highest BCUT2D eigenvalue weighted by Gasteiger charge is 2.40. The van der Waals surface area contributed by atoms with Gasteiger partial charge in [-0.25, -0.2) is 0 Å². The normalized spacial score (nSPS) is 29.8. The standard InChI is InChI=1S/C21H30N2O2/c24-21(15-25-20-8-4-5-9-20)22-17-12-18-10-11-19(13-17)23(18)14-16-6-2-1-3-7-16/h1-3,6-7,17-20H,4-5,8-15H2,(H,22,24). The fourth-order valence-corrected chi connectivity index (χ4v) is 4.96. The first-order chi connectivity index (χ1) is 12.3. The number of hydrogen-bond donors (Lipinski definition) is 1. The van der Waals surface area contributed by atoms with E-state index in [9.17, 15) is 4.79 Å². The van der Waals surface area contributed by atoms with Gasteiger partial charge < -0.3 is 10.1 Å². The fourth-order valence-electron chi connectivity index (χ4n) is 4.96. The Bertz CT molecular complexity index is 557. The average Bonchev–Trinajstić information content (AvgIpc) is 3.21. The molecule has 1 aromatic carbocycles. The second-order valence-electron chi connectivity index (χ2n) is 8.00. The van der Waals surface area contributed by atoms with Gasteiger partial charge >= 0.3 is 0 Å². The van der Waals surface area contributed by atoms with Gasteiger partial charge in [0.1, 0.15) is 6.61 Å². The fraction of sp³-hybridized carbons (Fsp3) is 0.667. The Kier molecular flexibility index (Phi) is 5.37. The molecule has 3 fully saturated rings. The Balaban J connectivity index is 1.25. The maximum absolute atomic E-state index is 12.2. The number of carbonyl (C=O) groups excluding carboxylic acids is 1. The van der Waals surface area contributed by atoms with Crippen molar-refractivity contribution in [3.8, 4) is 0 Å². The first-order valence-corrected chi connectivity index (χ1v) is 9.98. The molecule has 2 saturated heterocycles. The molecular weight excluding hydrogens is 312 g/mol. The summed E-state index contributed by atoms with van der Waals surface area (Å²) in [5, 5.41) is 3.24. The van der Waals surface area contributed by atoms with Crippen LogP contribution < -0.4 is 5.32 Å². The molecule has 1 aromatic rings. The van der Waals surface area contributed by atoms with Crippen LogP contribution in [-0.4, -0.2) is 41.6 Å². The van der Waals surface area contributed by atoms with Gasteiger partial charge in [-0.05, 0) is 44.1 Å². The number of carbonyl (C=O) groups is 1. The summed E-state index contributed by atoms with van der Waals surface area (Å²) < 4.78 is 5.75. The Hall–Kier alpha value is -1.39. The highest BCUT2D eigenvalue weighted by atomic mass is 16.5. The molecule has 2 bridgehead atoms. The minimum absolute atomic E-state index is 0.0767. The summed E-state index contributed by atoms with van der Waals surface area (Å²) in [5.74, 6) is 0.0767. The lowest BCUT2D eigenvalue weighted by molar-refractivity contribution is -0.128. The molecule has 2 heterocycles. The van der Waals surface area contributed by atoms with E-state index in [0.717, 1.165) is 32.2 Å². The number of fused-ring (bicyclic) bond motifs is 2. The molecular formula is C21H30N2O2. The third-order valence-electron chi connectivity index (χ3n) is 6.21. The van der Waals surface area contributed by atoms with Gasteiger partial charge in [-0.2, -0.15) is 0 Å². The van der Waals surface area contributed by atoms with Crippen molar-refractivity contribution in [2.75, 3.05) is 6.61 Å². The third kappa shape index (κ3) is 4.24. The molecule has 136 valence electrons. The number of ether oxygens (including phenoxy) is 1. The molecule has 1 saturated carbocycles. The molecule has 1 amide bonds. The smallest absolute Gasteiger partial charge is 0.246 e. The highest BCUT2D eigenvalue weighted by molar-refractivity contribution is 5.77. The van der Waals surface area contributed by atoms with Crippen molar-refractivity contribution in [1.82, 2.24) is 10.2 Å². The van der Waals surface area contributed by atoms with Gasteiger partial charge in [-0.3, -0.25) is 9.69 Å². The molecule has 1 aliphatic carbocycles. The number of piperidine rings is 1. The van der Waals surface area contributed by atoms with Gasteiger partial charge in [0.15, 0.2) is 0 Å². The molecule has 3 aliphatic rings. The molecule has 1 N–H and O–H groups in total. The lowest BCUT2D eigenvalue weighted by atomic mass is 9.96. The summed E-state index contributed by atoms with van der Waals surface area (Å²) in [7, 11) is 0. The number of benzene rings is 1. The quantitative estimate of drug-likeness (QED) is 0.863. The Morgan fingerprint density at radius 2 is 1.72 bits per heavy atom. The highest BCUT2D eigenvalue weighted by Crippen LogP contribution is 2.36. The van der Waals surface area contributed by atoms with Crippen molar-refractivity contribution < 1.29 is 9.53 Å². The largest absolute Gasteiger partial charge is 0.368 e. The number of amides is 1. The summed E-state index contributed by atoms with van der Waals surface area (Å²) in [6.45, 7) is 1.28. The summed E-state index contributed by atoms with van der Waals surface area (Å²) in [5.41, 5.74) is 1.40. The molecule has 2 atom stereocenters. The Morgan fingerprint density at radius 1 is 1.04 bits per heavy atom. The number of rotatable bonds is 6. The van der Waals surface area contributed by atoms with Gasteiger partial charge in [0.25, 0.3) is 0 Å². The van der Waals surface area contributed by atoms with Crippen LogP contribution in [0.1, 0.15) is 56.9 Å². The van der Waals surface area contributed by atoms with E-state index in [2.05, 4.69) is 40.5 Å². The first kappa shape index (κ1) is 17.0. The lowest BCUT2D eigenvalue weighted by Crippen LogP contribution is -2.50. The van der Waals surface area contributed by atoms with E-state index >= 15 is 0 Å². The van der Waals surface area contributed by atoms with E-state index in [4.69, 9.17) is 4.74 Å². The van der Waals surface area contributed by atoms with Crippen molar-refractivity contribution in [3.63, 3.8) is 0 Å². The zero-order valence-corrected chi connectivity index (χ0v) is 15.0. The maximum Gasteiger partial charge on any atom is 0.246 e. The van der Waals surface area contributed by atoms with Crippen LogP contribution in [0.5, 0.6) is 0 Å². The zero-order chi connectivity index (χ0) is 17.1. The van der Waals surface area contributed by atoms with Crippen LogP contribution in [0.3, 0.4) is 0 Å². The predicted octanol–water partition coefficient (Wildman–Crippen LogP) is 3.26. The van der Waals surface area contributed by atoms with Crippen LogP contribution in [0, 0.1) is 0 Å². The predicted molar refractivity (Wildman–Crippen MR) is 98.2 cm³/mol. The van der Waals surface area contributed by atoms with Crippen LogP contribution >= 0.6 is 0 Å². The van der Waals surface area contributed by atoms with E-state index < -0.39 is 0 Å². The summed E-state index contributed by atoms with van der Waals surface area (Å²) >= 11 is 0. The van der Waals surface area contributed by atoms with Gasteiger partial charge in [0.05, 0.1) is 6.10 Å². The van der Waals surface area contributed by atoms with Gasteiger partial charge in [0.2, 0.25) is 5.91 Å². The van der Waals surface area contributed by atoms with Crippen molar-refractivity contribution >= 4 is 5.91 Å².